The van der Waals surface area contributed by atoms with Gasteiger partial charge in [0.1, 0.15) is 5.60 Å². The van der Waals surface area contributed by atoms with Crippen LogP contribution in [-0.2, 0) is 9.16 Å². The molecule has 0 aromatic rings. The Hall–Kier alpha value is 0.137. The third kappa shape index (κ3) is 2.88. The predicted octanol–water partition coefficient (Wildman–Crippen LogP) is 1.48. The average Bonchev–Trinajstić information content (AvgIpc) is 2.36. The van der Waals surface area contributed by atoms with Crippen LogP contribution in [0.25, 0.3) is 0 Å². The molecule has 1 fully saturated rings. The van der Waals surface area contributed by atoms with E-state index >= 15 is 0 Å². The molecule has 0 saturated carbocycles. The Kier molecular flexibility index (Phi) is 2.66. The highest BCUT2D eigenvalue weighted by Gasteiger charge is 2.48. The van der Waals surface area contributed by atoms with E-state index in [4.69, 9.17) is 9.16 Å². The van der Waals surface area contributed by atoms with Gasteiger partial charge in [0.25, 0.3) is 0 Å². The van der Waals surface area contributed by atoms with E-state index in [1.54, 1.807) is 0 Å². The van der Waals surface area contributed by atoms with Crippen molar-refractivity contribution >= 4 is 9.76 Å². The lowest BCUT2D eigenvalue weighted by atomic mass is 10.1. The molecule has 0 aromatic carbocycles. The fourth-order valence-corrected chi connectivity index (χ4v) is 2.20. The molecule has 0 N–H and O–H groups in total. The monoisotopic (exact) mass is 188 g/mol. The highest BCUT2D eigenvalue weighted by molar-refractivity contribution is 6.31. The van der Waals surface area contributed by atoms with Crippen LogP contribution in [-0.4, -0.2) is 28.1 Å². The maximum Gasteiger partial charge on any atom is 0.167 e. The number of hydrogen-bond acceptors (Lipinski definition) is 2. The van der Waals surface area contributed by atoms with Crippen LogP contribution >= 0.6 is 0 Å². The number of rotatable bonds is 3. The molecule has 12 heavy (non-hydrogen) atoms. The SMILES string of the molecule is CC1OC1(C)CO[SiH2]C(C)(C)C. The summed E-state index contributed by atoms with van der Waals surface area (Å²) < 4.78 is 11.1. The van der Waals surface area contributed by atoms with Crippen LogP contribution in [0.5, 0.6) is 0 Å². The van der Waals surface area contributed by atoms with Crippen molar-refractivity contribution in [3.8, 4) is 0 Å². The summed E-state index contributed by atoms with van der Waals surface area (Å²) in [5.74, 6) is 0. The lowest BCUT2D eigenvalue weighted by Crippen LogP contribution is -2.22. The second kappa shape index (κ2) is 3.12. The third-order valence-electron chi connectivity index (χ3n) is 2.17. The zero-order valence-electron chi connectivity index (χ0n) is 8.81. The minimum atomic E-state index is -0.393. The first-order valence-corrected chi connectivity index (χ1v) is 5.87. The van der Waals surface area contributed by atoms with E-state index in [2.05, 4.69) is 34.6 Å². The van der Waals surface area contributed by atoms with Crippen LogP contribution in [0.2, 0.25) is 5.04 Å². The minimum Gasteiger partial charge on any atom is -0.420 e. The zero-order chi connectivity index (χ0) is 9.41. The number of hydrogen-bond donors (Lipinski definition) is 0. The topological polar surface area (TPSA) is 21.8 Å². The van der Waals surface area contributed by atoms with E-state index in [1.807, 2.05) is 0 Å². The van der Waals surface area contributed by atoms with Crippen LogP contribution in [0, 0.1) is 0 Å². The lowest BCUT2D eigenvalue weighted by Gasteiger charge is -2.18. The first-order valence-electron chi connectivity index (χ1n) is 4.59. The highest BCUT2D eigenvalue weighted by Crippen LogP contribution is 2.36. The fourth-order valence-electron chi connectivity index (χ4n) is 1.08. The van der Waals surface area contributed by atoms with Gasteiger partial charge in [-0.1, -0.05) is 20.8 Å². The summed E-state index contributed by atoms with van der Waals surface area (Å²) in [5.41, 5.74) is 0.0399. The largest absolute Gasteiger partial charge is 0.420 e. The Morgan fingerprint density at radius 3 is 2.33 bits per heavy atom. The van der Waals surface area contributed by atoms with Crippen LogP contribution < -0.4 is 0 Å². The standard InChI is InChI=1S/C9H20O2Si/c1-7-9(5,11-7)6-10-12-8(2,3)4/h7H,6,12H2,1-5H3. The van der Waals surface area contributed by atoms with E-state index < -0.39 is 9.76 Å². The number of ether oxygens (including phenoxy) is 1. The van der Waals surface area contributed by atoms with Gasteiger partial charge in [0.2, 0.25) is 0 Å². The molecule has 2 nitrogen and oxygen atoms in total. The minimum absolute atomic E-state index is 0.0399. The summed E-state index contributed by atoms with van der Waals surface area (Å²) in [6.07, 6.45) is 0.395. The third-order valence-corrected chi connectivity index (χ3v) is 3.45. The smallest absolute Gasteiger partial charge is 0.167 e. The highest BCUT2D eigenvalue weighted by atomic mass is 28.2. The summed E-state index contributed by atoms with van der Waals surface area (Å²) in [6, 6.07) is 0. The van der Waals surface area contributed by atoms with Crippen molar-refractivity contribution in [1.82, 2.24) is 0 Å². The van der Waals surface area contributed by atoms with Crippen LogP contribution in [0.1, 0.15) is 34.6 Å². The summed E-state index contributed by atoms with van der Waals surface area (Å²) in [6.45, 7) is 11.7. The molecule has 0 amide bonds. The van der Waals surface area contributed by atoms with Crippen molar-refractivity contribution in [2.24, 2.45) is 0 Å². The zero-order valence-corrected chi connectivity index (χ0v) is 10.2. The van der Waals surface area contributed by atoms with E-state index in [9.17, 15) is 0 Å². The van der Waals surface area contributed by atoms with Gasteiger partial charge in [0.15, 0.2) is 9.76 Å². The maximum absolute atomic E-state index is 5.71. The van der Waals surface area contributed by atoms with E-state index in [-0.39, 0.29) is 5.60 Å². The van der Waals surface area contributed by atoms with Crippen molar-refractivity contribution in [2.45, 2.75) is 51.4 Å². The average molecular weight is 188 g/mol. The van der Waals surface area contributed by atoms with Crippen LogP contribution in [0.3, 0.4) is 0 Å². The Labute approximate surface area is 77.6 Å². The van der Waals surface area contributed by atoms with E-state index in [0.717, 1.165) is 6.61 Å². The van der Waals surface area contributed by atoms with E-state index in [0.29, 0.717) is 11.1 Å². The quantitative estimate of drug-likeness (QED) is 0.494. The molecule has 0 radical (unpaired) electrons. The van der Waals surface area contributed by atoms with Crippen LogP contribution in [0.15, 0.2) is 0 Å². The van der Waals surface area contributed by atoms with Gasteiger partial charge in [-0.05, 0) is 18.9 Å². The lowest BCUT2D eigenvalue weighted by molar-refractivity contribution is 0.203. The molecule has 0 aromatic heterocycles. The number of epoxide rings is 1. The van der Waals surface area contributed by atoms with Gasteiger partial charge < -0.3 is 9.16 Å². The molecular formula is C9H20O2Si. The molecule has 1 rings (SSSR count). The van der Waals surface area contributed by atoms with Gasteiger partial charge >= 0.3 is 0 Å². The van der Waals surface area contributed by atoms with Gasteiger partial charge in [0.05, 0.1) is 12.7 Å². The van der Waals surface area contributed by atoms with Gasteiger partial charge in [-0.2, -0.15) is 0 Å². The molecule has 0 bridgehead atoms. The molecule has 2 atom stereocenters. The van der Waals surface area contributed by atoms with E-state index in [1.165, 1.54) is 0 Å². The Morgan fingerprint density at radius 2 is 2.00 bits per heavy atom. The van der Waals surface area contributed by atoms with Crippen molar-refractivity contribution in [2.75, 3.05) is 6.61 Å². The molecule has 1 saturated heterocycles. The Morgan fingerprint density at radius 1 is 1.50 bits per heavy atom. The first-order chi connectivity index (χ1) is 5.33. The molecule has 72 valence electrons. The van der Waals surface area contributed by atoms with Gasteiger partial charge in [0, 0.05) is 0 Å². The summed E-state index contributed by atoms with van der Waals surface area (Å²) >= 11 is 0. The molecule has 1 aliphatic rings. The first kappa shape index (κ1) is 10.2. The predicted molar refractivity (Wildman–Crippen MR) is 53.2 cm³/mol. The summed E-state index contributed by atoms with van der Waals surface area (Å²) in [5, 5.41) is 0.397. The summed E-state index contributed by atoms with van der Waals surface area (Å²) in [7, 11) is -0.393. The fraction of sp³-hybridized carbons (Fsp3) is 1.00. The molecular weight excluding hydrogens is 168 g/mol. The second-order valence-electron chi connectivity index (χ2n) is 5.13. The van der Waals surface area contributed by atoms with Crippen molar-refractivity contribution in [3.05, 3.63) is 0 Å². The van der Waals surface area contributed by atoms with Crippen LogP contribution in [0.4, 0.5) is 0 Å². The molecule has 1 heterocycles. The molecule has 0 spiro atoms. The van der Waals surface area contributed by atoms with Crippen molar-refractivity contribution in [1.29, 1.82) is 0 Å². The molecule has 0 aliphatic carbocycles. The van der Waals surface area contributed by atoms with Gasteiger partial charge in [-0.25, -0.2) is 0 Å². The van der Waals surface area contributed by atoms with Gasteiger partial charge in [-0.15, -0.1) is 0 Å². The normalized spacial score (nSPS) is 36.2. The molecule has 3 heteroatoms. The van der Waals surface area contributed by atoms with Gasteiger partial charge in [-0.3, -0.25) is 0 Å². The second-order valence-corrected chi connectivity index (χ2v) is 7.94. The van der Waals surface area contributed by atoms with Crippen molar-refractivity contribution in [3.63, 3.8) is 0 Å². The molecule has 1 aliphatic heterocycles. The summed E-state index contributed by atoms with van der Waals surface area (Å²) in [4.78, 5) is 0. The van der Waals surface area contributed by atoms with Crippen molar-refractivity contribution < 1.29 is 9.16 Å². The Balaban J connectivity index is 2.12. The maximum atomic E-state index is 5.71. The Bertz CT molecular complexity index is 164. The molecule has 2 unspecified atom stereocenters.